The minimum atomic E-state index is 0.0607. The maximum atomic E-state index is 5.62. The van der Waals surface area contributed by atoms with Crippen LogP contribution in [0.15, 0.2) is 24.3 Å². The molecule has 0 amide bonds. The second-order valence-electron chi connectivity index (χ2n) is 4.12. The van der Waals surface area contributed by atoms with Crippen LogP contribution in [0.2, 0.25) is 0 Å². The van der Waals surface area contributed by atoms with Gasteiger partial charge in [0.1, 0.15) is 0 Å². The standard InChI is InChI=1S/C13H22N2O/c1-4-5-12(16-3)13(15-14)11-8-6-10(2)7-9-11/h6-9,12-13,15H,4-5,14H2,1-3H3. The Balaban J connectivity index is 2.83. The minimum absolute atomic E-state index is 0.0607. The van der Waals surface area contributed by atoms with Crippen molar-refractivity contribution in [3.8, 4) is 0 Å². The molecule has 3 nitrogen and oxygen atoms in total. The van der Waals surface area contributed by atoms with E-state index in [2.05, 4.69) is 43.5 Å². The van der Waals surface area contributed by atoms with Crippen molar-refractivity contribution in [1.82, 2.24) is 5.43 Å². The van der Waals surface area contributed by atoms with Gasteiger partial charge < -0.3 is 4.74 Å². The lowest BCUT2D eigenvalue weighted by atomic mass is 9.98. The molecule has 0 aromatic heterocycles. The van der Waals surface area contributed by atoms with Gasteiger partial charge in [-0.15, -0.1) is 0 Å². The van der Waals surface area contributed by atoms with Gasteiger partial charge in [0.05, 0.1) is 12.1 Å². The van der Waals surface area contributed by atoms with Gasteiger partial charge in [-0.05, 0) is 18.9 Å². The molecule has 2 atom stereocenters. The van der Waals surface area contributed by atoms with Crippen molar-refractivity contribution in [2.24, 2.45) is 5.84 Å². The van der Waals surface area contributed by atoms with Gasteiger partial charge in [-0.2, -0.15) is 0 Å². The van der Waals surface area contributed by atoms with Crippen LogP contribution < -0.4 is 11.3 Å². The maximum absolute atomic E-state index is 5.62. The largest absolute Gasteiger partial charge is 0.379 e. The van der Waals surface area contributed by atoms with E-state index in [1.54, 1.807) is 7.11 Å². The second kappa shape index (κ2) is 6.63. The molecule has 0 spiro atoms. The van der Waals surface area contributed by atoms with Crippen molar-refractivity contribution >= 4 is 0 Å². The fourth-order valence-corrected chi connectivity index (χ4v) is 1.90. The summed E-state index contributed by atoms with van der Waals surface area (Å²) in [5, 5.41) is 0. The summed E-state index contributed by atoms with van der Waals surface area (Å²) < 4.78 is 5.49. The molecule has 90 valence electrons. The van der Waals surface area contributed by atoms with E-state index in [9.17, 15) is 0 Å². The molecule has 1 rings (SSSR count). The molecule has 1 aromatic rings. The fraction of sp³-hybridized carbons (Fsp3) is 0.538. The van der Waals surface area contributed by atoms with Gasteiger partial charge >= 0.3 is 0 Å². The fourth-order valence-electron chi connectivity index (χ4n) is 1.90. The first kappa shape index (κ1) is 13.2. The number of hydrogen-bond acceptors (Lipinski definition) is 3. The summed E-state index contributed by atoms with van der Waals surface area (Å²) >= 11 is 0. The van der Waals surface area contributed by atoms with E-state index >= 15 is 0 Å². The molecular weight excluding hydrogens is 200 g/mol. The number of nitrogens with two attached hydrogens (primary N) is 1. The Morgan fingerprint density at radius 2 is 1.94 bits per heavy atom. The van der Waals surface area contributed by atoms with Crippen LogP contribution in [0.5, 0.6) is 0 Å². The minimum Gasteiger partial charge on any atom is -0.379 e. The summed E-state index contributed by atoms with van der Waals surface area (Å²) in [6, 6.07) is 8.45. The number of hydrazine groups is 1. The molecule has 0 aliphatic heterocycles. The Labute approximate surface area is 98.0 Å². The number of benzene rings is 1. The first-order valence-electron chi connectivity index (χ1n) is 5.78. The molecule has 0 saturated carbocycles. The summed E-state index contributed by atoms with van der Waals surface area (Å²) in [5.74, 6) is 5.62. The monoisotopic (exact) mass is 222 g/mol. The Morgan fingerprint density at radius 3 is 2.38 bits per heavy atom. The molecule has 2 unspecified atom stereocenters. The zero-order valence-corrected chi connectivity index (χ0v) is 10.4. The van der Waals surface area contributed by atoms with Crippen molar-refractivity contribution in [2.45, 2.75) is 38.8 Å². The lowest BCUT2D eigenvalue weighted by Gasteiger charge is -2.25. The number of rotatable bonds is 6. The second-order valence-corrected chi connectivity index (χ2v) is 4.12. The molecule has 0 aliphatic rings. The zero-order chi connectivity index (χ0) is 12.0. The molecule has 1 aromatic carbocycles. The van der Waals surface area contributed by atoms with E-state index < -0.39 is 0 Å². The third-order valence-corrected chi connectivity index (χ3v) is 2.86. The van der Waals surface area contributed by atoms with Gasteiger partial charge in [-0.3, -0.25) is 11.3 Å². The molecule has 0 radical (unpaired) electrons. The van der Waals surface area contributed by atoms with Crippen LogP contribution in [-0.2, 0) is 4.74 Å². The van der Waals surface area contributed by atoms with Crippen LogP contribution in [0, 0.1) is 6.92 Å². The zero-order valence-electron chi connectivity index (χ0n) is 10.4. The van der Waals surface area contributed by atoms with Crippen molar-refractivity contribution in [3.05, 3.63) is 35.4 Å². The van der Waals surface area contributed by atoms with Gasteiger partial charge in [0.25, 0.3) is 0 Å². The van der Waals surface area contributed by atoms with E-state index in [4.69, 9.17) is 10.6 Å². The molecule has 0 fully saturated rings. The summed E-state index contributed by atoms with van der Waals surface area (Å²) in [5.41, 5.74) is 5.28. The Morgan fingerprint density at radius 1 is 1.31 bits per heavy atom. The van der Waals surface area contributed by atoms with Crippen LogP contribution >= 0.6 is 0 Å². The van der Waals surface area contributed by atoms with E-state index in [0.29, 0.717) is 0 Å². The Kier molecular flexibility index (Phi) is 5.46. The predicted octanol–water partition coefficient (Wildman–Crippen LogP) is 2.31. The van der Waals surface area contributed by atoms with Gasteiger partial charge in [0, 0.05) is 7.11 Å². The summed E-state index contributed by atoms with van der Waals surface area (Å²) in [7, 11) is 1.73. The molecule has 0 heterocycles. The average molecular weight is 222 g/mol. The average Bonchev–Trinajstić information content (AvgIpc) is 2.31. The Bertz CT molecular complexity index is 297. The van der Waals surface area contributed by atoms with Crippen LogP contribution in [0.3, 0.4) is 0 Å². The number of aryl methyl sites for hydroxylation is 1. The van der Waals surface area contributed by atoms with E-state index in [1.807, 2.05) is 0 Å². The van der Waals surface area contributed by atoms with Crippen LogP contribution in [0.1, 0.15) is 36.9 Å². The molecule has 3 heteroatoms. The van der Waals surface area contributed by atoms with Gasteiger partial charge in [-0.25, -0.2) is 0 Å². The van der Waals surface area contributed by atoms with Crippen molar-refractivity contribution < 1.29 is 4.74 Å². The van der Waals surface area contributed by atoms with E-state index in [0.717, 1.165) is 12.8 Å². The Hall–Kier alpha value is -0.900. The van der Waals surface area contributed by atoms with Crippen LogP contribution in [-0.4, -0.2) is 13.2 Å². The molecule has 0 saturated heterocycles. The third-order valence-electron chi connectivity index (χ3n) is 2.86. The quantitative estimate of drug-likeness (QED) is 0.573. The van der Waals surface area contributed by atoms with Crippen molar-refractivity contribution in [2.75, 3.05) is 7.11 Å². The first-order valence-corrected chi connectivity index (χ1v) is 5.78. The molecule has 0 aliphatic carbocycles. The summed E-state index contributed by atoms with van der Waals surface area (Å²) in [6.45, 7) is 4.23. The van der Waals surface area contributed by atoms with Crippen LogP contribution in [0.25, 0.3) is 0 Å². The smallest absolute Gasteiger partial charge is 0.0778 e. The maximum Gasteiger partial charge on any atom is 0.0778 e. The molecule has 3 N–H and O–H groups in total. The SMILES string of the molecule is CCCC(OC)C(NN)c1ccc(C)cc1. The lowest BCUT2D eigenvalue weighted by Crippen LogP contribution is -2.37. The lowest BCUT2D eigenvalue weighted by molar-refractivity contribution is 0.0606. The first-order chi connectivity index (χ1) is 7.72. The molecular formula is C13H22N2O. The normalized spacial score (nSPS) is 14.8. The van der Waals surface area contributed by atoms with Crippen molar-refractivity contribution in [3.63, 3.8) is 0 Å². The number of methoxy groups -OCH3 is 1. The molecule has 0 bridgehead atoms. The highest BCUT2D eigenvalue weighted by Crippen LogP contribution is 2.21. The highest BCUT2D eigenvalue weighted by Gasteiger charge is 2.20. The summed E-state index contributed by atoms with van der Waals surface area (Å²) in [4.78, 5) is 0. The van der Waals surface area contributed by atoms with Crippen molar-refractivity contribution in [1.29, 1.82) is 0 Å². The number of nitrogens with one attached hydrogen (secondary N) is 1. The predicted molar refractivity (Wildman–Crippen MR) is 66.9 cm³/mol. The van der Waals surface area contributed by atoms with E-state index in [1.165, 1.54) is 11.1 Å². The number of hydrogen-bond donors (Lipinski definition) is 2. The summed E-state index contributed by atoms with van der Waals surface area (Å²) in [6.07, 6.45) is 2.21. The highest BCUT2D eigenvalue weighted by atomic mass is 16.5. The molecule has 16 heavy (non-hydrogen) atoms. The number of ether oxygens (including phenoxy) is 1. The topological polar surface area (TPSA) is 47.3 Å². The highest BCUT2D eigenvalue weighted by molar-refractivity contribution is 5.24. The van der Waals surface area contributed by atoms with E-state index in [-0.39, 0.29) is 12.1 Å². The van der Waals surface area contributed by atoms with Gasteiger partial charge in [0.2, 0.25) is 0 Å². The van der Waals surface area contributed by atoms with Crippen LogP contribution in [0.4, 0.5) is 0 Å². The van der Waals surface area contributed by atoms with Gasteiger partial charge in [0.15, 0.2) is 0 Å². The van der Waals surface area contributed by atoms with Gasteiger partial charge in [-0.1, -0.05) is 43.2 Å². The third kappa shape index (κ3) is 3.30.